The molecule has 2 saturated heterocycles. The summed E-state index contributed by atoms with van der Waals surface area (Å²) in [5.74, 6) is 0.161. The van der Waals surface area contributed by atoms with Crippen LogP contribution in [0.3, 0.4) is 0 Å². The number of hydrogen-bond donors (Lipinski definition) is 2. The number of ether oxygens (including phenoxy) is 1. The number of aromatic hydroxyl groups is 1. The highest BCUT2D eigenvalue weighted by molar-refractivity contribution is 7.16. The van der Waals surface area contributed by atoms with Gasteiger partial charge in [-0.25, -0.2) is 4.98 Å². The first kappa shape index (κ1) is 17.6. The van der Waals surface area contributed by atoms with Crippen LogP contribution < -0.4 is 10.1 Å². The Morgan fingerprint density at radius 1 is 1.21 bits per heavy atom. The molecule has 8 heteroatoms. The maximum Gasteiger partial charge on any atom is 0.294 e. The smallest absolute Gasteiger partial charge is 0.294 e. The minimum absolute atomic E-state index is 0.136. The lowest BCUT2D eigenvalue weighted by molar-refractivity contribution is 0.0789. The number of phenols is 1. The van der Waals surface area contributed by atoms with Gasteiger partial charge < -0.3 is 19.7 Å². The minimum Gasteiger partial charge on any atom is -0.507 e. The molecule has 5 rings (SSSR count). The van der Waals surface area contributed by atoms with Crippen molar-refractivity contribution in [1.29, 1.82) is 0 Å². The molecule has 3 atom stereocenters. The highest BCUT2D eigenvalue weighted by atomic mass is 32.1. The summed E-state index contributed by atoms with van der Waals surface area (Å²) >= 11 is 1.37. The molecule has 2 aliphatic heterocycles. The fraction of sp³-hybridized carbons (Fsp3) is 0.450. The van der Waals surface area contributed by atoms with E-state index >= 15 is 0 Å². The molecule has 1 aromatic carbocycles. The molecule has 4 heterocycles. The van der Waals surface area contributed by atoms with Crippen LogP contribution in [0.15, 0.2) is 36.9 Å². The summed E-state index contributed by atoms with van der Waals surface area (Å²) in [6, 6.07) is 5.47. The van der Waals surface area contributed by atoms with Crippen LogP contribution in [0.4, 0.5) is 0 Å². The van der Waals surface area contributed by atoms with Crippen molar-refractivity contribution < 1.29 is 9.84 Å². The summed E-state index contributed by atoms with van der Waals surface area (Å²) in [4.78, 5) is 4.03. The Bertz CT molecular complexity index is 986. The standard InChI is InChI=1S/C20H23N5O2S/c1-19-5-6-20(2,24-19)11-14(10-19)27-18-23-22-17(28-18)15-4-3-13(9-16(15)26)25-8-7-21-12-25/h3-4,7-9,12,14,24,26H,5-6,10-11H2,1-2H3/t14?,19-,20+. The third-order valence-electron chi connectivity index (χ3n) is 5.88. The van der Waals surface area contributed by atoms with E-state index in [-0.39, 0.29) is 22.9 Å². The van der Waals surface area contributed by atoms with E-state index in [2.05, 4.69) is 34.3 Å². The van der Waals surface area contributed by atoms with E-state index in [0.717, 1.165) is 18.5 Å². The van der Waals surface area contributed by atoms with Crippen molar-refractivity contribution >= 4 is 11.3 Å². The van der Waals surface area contributed by atoms with Crippen LogP contribution in [0, 0.1) is 0 Å². The summed E-state index contributed by atoms with van der Waals surface area (Å²) in [7, 11) is 0. The van der Waals surface area contributed by atoms with Gasteiger partial charge in [-0.15, -0.1) is 5.10 Å². The number of fused-ring (bicyclic) bond motifs is 2. The normalized spacial score (nSPS) is 29.1. The molecule has 3 aromatic rings. The van der Waals surface area contributed by atoms with E-state index in [1.165, 1.54) is 24.2 Å². The van der Waals surface area contributed by atoms with Crippen molar-refractivity contribution in [2.75, 3.05) is 0 Å². The van der Waals surface area contributed by atoms with E-state index in [9.17, 15) is 5.11 Å². The SMILES string of the molecule is C[C@]12CC[C@](C)(CC(Oc3nnc(-c4ccc(-n5ccnc5)cc4O)s3)C1)N2. The van der Waals surface area contributed by atoms with Crippen molar-refractivity contribution in [1.82, 2.24) is 25.1 Å². The quantitative estimate of drug-likeness (QED) is 0.700. The van der Waals surface area contributed by atoms with Crippen molar-refractivity contribution in [2.45, 2.75) is 56.7 Å². The van der Waals surface area contributed by atoms with Crippen molar-refractivity contribution in [3.63, 3.8) is 0 Å². The largest absolute Gasteiger partial charge is 0.507 e. The van der Waals surface area contributed by atoms with Crippen molar-refractivity contribution in [3.8, 4) is 27.2 Å². The molecule has 28 heavy (non-hydrogen) atoms. The van der Waals surface area contributed by atoms with Crippen LogP contribution in [-0.4, -0.2) is 42.0 Å². The number of hydrogen-bond acceptors (Lipinski definition) is 7. The number of rotatable bonds is 4. The predicted octanol–water partition coefficient (Wildman–Crippen LogP) is 3.54. The van der Waals surface area contributed by atoms with Crippen LogP contribution in [0.1, 0.15) is 39.5 Å². The summed E-state index contributed by atoms with van der Waals surface area (Å²) < 4.78 is 8.04. The van der Waals surface area contributed by atoms with Gasteiger partial charge in [0.1, 0.15) is 11.9 Å². The Labute approximate surface area is 167 Å². The Kier molecular flexibility index (Phi) is 3.96. The lowest BCUT2D eigenvalue weighted by Crippen LogP contribution is -2.56. The van der Waals surface area contributed by atoms with Crippen LogP contribution in [0.2, 0.25) is 0 Å². The molecule has 2 bridgehead atoms. The van der Waals surface area contributed by atoms with Gasteiger partial charge in [0, 0.05) is 42.4 Å². The summed E-state index contributed by atoms with van der Waals surface area (Å²) in [5, 5.41) is 23.9. The van der Waals surface area contributed by atoms with E-state index in [1.807, 2.05) is 22.9 Å². The number of nitrogens with zero attached hydrogens (tertiary/aromatic N) is 4. The van der Waals surface area contributed by atoms with Gasteiger partial charge in [0.15, 0.2) is 5.01 Å². The number of piperidine rings is 1. The van der Waals surface area contributed by atoms with E-state index in [4.69, 9.17) is 4.74 Å². The molecule has 146 valence electrons. The van der Waals surface area contributed by atoms with Crippen LogP contribution in [0.5, 0.6) is 10.9 Å². The zero-order chi connectivity index (χ0) is 19.4. The molecule has 1 unspecified atom stereocenters. The van der Waals surface area contributed by atoms with Crippen molar-refractivity contribution in [2.24, 2.45) is 0 Å². The predicted molar refractivity (Wildman–Crippen MR) is 107 cm³/mol. The van der Waals surface area contributed by atoms with Gasteiger partial charge in [-0.1, -0.05) is 16.4 Å². The first-order valence-electron chi connectivity index (χ1n) is 9.53. The Balaban J connectivity index is 1.34. The fourth-order valence-corrected chi connectivity index (χ4v) is 5.45. The molecular formula is C20H23N5O2S. The highest BCUT2D eigenvalue weighted by Crippen LogP contribution is 2.44. The van der Waals surface area contributed by atoms with Gasteiger partial charge in [-0.3, -0.25) is 0 Å². The van der Waals surface area contributed by atoms with Gasteiger partial charge in [0.25, 0.3) is 5.19 Å². The molecule has 0 amide bonds. The molecule has 7 nitrogen and oxygen atoms in total. The number of aromatic nitrogens is 4. The van der Waals surface area contributed by atoms with Gasteiger partial charge in [-0.05, 0) is 38.8 Å². The lowest BCUT2D eigenvalue weighted by Gasteiger charge is -2.41. The number of benzene rings is 1. The van der Waals surface area contributed by atoms with Gasteiger partial charge in [0.2, 0.25) is 0 Å². The second-order valence-electron chi connectivity index (χ2n) is 8.44. The average Bonchev–Trinajstić information content (AvgIpc) is 3.35. The van der Waals surface area contributed by atoms with Crippen LogP contribution in [-0.2, 0) is 0 Å². The Morgan fingerprint density at radius 3 is 2.68 bits per heavy atom. The molecule has 0 radical (unpaired) electrons. The van der Waals surface area contributed by atoms with Crippen LogP contribution in [0.25, 0.3) is 16.3 Å². The van der Waals surface area contributed by atoms with Crippen LogP contribution >= 0.6 is 11.3 Å². The number of imidazole rings is 1. The Hall–Kier alpha value is -2.45. The molecular weight excluding hydrogens is 374 g/mol. The summed E-state index contributed by atoms with van der Waals surface area (Å²) in [6.45, 7) is 4.55. The molecule has 2 aromatic heterocycles. The van der Waals surface area contributed by atoms with E-state index in [1.54, 1.807) is 18.6 Å². The second-order valence-corrected chi connectivity index (χ2v) is 9.38. The maximum absolute atomic E-state index is 10.5. The average molecular weight is 398 g/mol. The lowest BCUT2D eigenvalue weighted by atomic mass is 9.86. The van der Waals surface area contributed by atoms with Gasteiger partial charge >= 0.3 is 0 Å². The third-order valence-corrected chi connectivity index (χ3v) is 6.72. The number of phenolic OH excluding ortho intramolecular Hbond substituents is 1. The molecule has 0 spiro atoms. The number of nitrogens with one attached hydrogen (secondary N) is 1. The first-order chi connectivity index (χ1) is 13.4. The zero-order valence-corrected chi connectivity index (χ0v) is 16.7. The first-order valence-corrected chi connectivity index (χ1v) is 10.3. The molecule has 0 saturated carbocycles. The molecule has 0 aliphatic carbocycles. The molecule has 2 N–H and O–H groups in total. The summed E-state index contributed by atoms with van der Waals surface area (Å²) in [5.41, 5.74) is 1.78. The topological polar surface area (TPSA) is 85.1 Å². The van der Waals surface area contributed by atoms with Gasteiger partial charge in [-0.2, -0.15) is 0 Å². The highest BCUT2D eigenvalue weighted by Gasteiger charge is 2.49. The summed E-state index contributed by atoms with van der Waals surface area (Å²) in [6.07, 6.45) is 9.68. The van der Waals surface area contributed by atoms with Gasteiger partial charge in [0.05, 0.1) is 17.6 Å². The van der Waals surface area contributed by atoms with E-state index in [0.29, 0.717) is 15.8 Å². The Morgan fingerprint density at radius 2 is 2.00 bits per heavy atom. The minimum atomic E-state index is 0.136. The second kappa shape index (κ2) is 6.28. The third kappa shape index (κ3) is 3.16. The fourth-order valence-electron chi connectivity index (χ4n) is 4.65. The monoisotopic (exact) mass is 397 g/mol. The zero-order valence-electron chi connectivity index (χ0n) is 15.9. The molecule has 2 fully saturated rings. The van der Waals surface area contributed by atoms with E-state index < -0.39 is 0 Å². The maximum atomic E-state index is 10.5. The van der Waals surface area contributed by atoms with Crippen molar-refractivity contribution in [3.05, 3.63) is 36.9 Å². The molecule has 2 aliphatic rings.